The Labute approximate surface area is 108 Å². The molecule has 18 heavy (non-hydrogen) atoms. The van der Waals surface area contributed by atoms with Gasteiger partial charge in [-0.2, -0.15) is 0 Å². The highest BCUT2D eigenvalue weighted by molar-refractivity contribution is 5.99. The van der Waals surface area contributed by atoms with Crippen LogP contribution in [-0.4, -0.2) is 16.9 Å². The number of pyridine rings is 1. The first-order valence-electron chi connectivity index (χ1n) is 6.40. The van der Waals surface area contributed by atoms with Gasteiger partial charge < -0.3 is 10.7 Å². The summed E-state index contributed by atoms with van der Waals surface area (Å²) in [6.45, 7) is 4.18. The summed E-state index contributed by atoms with van der Waals surface area (Å²) in [6, 6.07) is 1.83. The third-order valence-corrected chi connectivity index (χ3v) is 2.84. The maximum Gasteiger partial charge on any atom is 0.253 e. The molecule has 100 valence electrons. The number of hydrogen-bond acceptors (Lipinski definition) is 4. The van der Waals surface area contributed by atoms with Crippen molar-refractivity contribution in [3.05, 3.63) is 24.0 Å². The number of nitrogens with one attached hydrogen (secondary N) is 2. The molecule has 4 N–H and O–H groups in total. The summed E-state index contributed by atoms with van der Waals surface area (Å²) in [6.07, 6.45) is 7.64. The molecule has 1 rings (SSSR count). The van der Waals surface area contributed by atoms with Crippen LogP contribution in [0.25, 0.3) is 0 Å². The second kappa shape index (κ2) is 7.66. The lowest BCUT2D eigenvalue weighted by Crippen LogP contribution is -2.33. The molecule has 1 amide bonds. The van der Waals surface area contributed by atoms with E-state index in [1.165, 1.54) is 19.0 Å². The van der Waals surface area contributed by atoms with Gasteiger partial charge in [0.1, 0.15) is 0 Å². The number of nitrogens with two attached hydrogens (primary N) is 1. The second-order valence-electron chi connectivity index (χ2n) is 4.44. The number of amides is 1. The molecule has 5 nitrogen and oxygen atoms in total. The van der Waals surface area contributed by atoms with Gasteiger partial charge in [-0.15, -0.1) is 0 Å². The van der Waals surface area contributed by atoms with E-state index in [1.54, 1.807) is 12.3 Å². The summed E-state index contributed by atoms with van der Waals surface area (Å²) in [4.78, 5) is 15.9. The van der Waals surface area contributed by atoms with Gasteiger partial charge in [0.2, 0.25) is 0 Å². The molecular weight excluding hydrogens is 228 g/mol. The summed E-state index contributed by atoms with van der Waals surface area (Å²) in [5, 5.41) is 2.97. The van der Waals surface area contributed by atoms with Crippen LogP contribution in [-0.2, 0) is 0 Å². The van der Waals surface area contributed by atoms with Crippen molar-refractivity contribution in [2.45, 2.75) is 45.6 Å². The number of carbonyl (C=O) groups is 1. The fraction of sp³-hybridized carbons (Fsp3) is 0.538. The van der Waals surface area contributed by atoms with Crippen molar-refractivity contribution in [1.29, 1.82) is 0 Å². The van der Waals surface area contributed by atoms with Crippen LogP contribution < -0.4 is 16.6 Å². The normalized spacial score (nSPS) is 11.9. The molecule has 5 heteroatoms. The molecule has 1 heterocycles. The molecule has 0 saturated carbocycles. The van der Waals surface area contributed by atoms with Gasteiger partial charge in [-0.3, -0.25) is 15.6 Å². The van der Waals surface area contributed by atoms with Crippen LogP contribution in [0.1, 0.15) is 49.9 Å². The van der Waals surface area contributed by atoms with E-state index in [2.05, 4.69) is 22.7 Å². The van der Waals surface area contributed by atoms with Crippen LogP contribution in [0.4, 0.5) is 5.69 Å². The number of unbranched alkanes of at least 4 members (excludes halogenated alkanes) is 2. The zero-order chi connectivity index (χ0) is 13.4. The van der Waals surface area contributed by atoms with Crippen LogP contribution in [0.15, 0.2) is 18.5 Å². The lowest BCUT2D eigenvalue weighted by Gasteiger charge is -2.15. The highest BCUT2D eigenvalue weighted by Crippen LogP contribution is 2.12. The van der Waals surface area contributed by atoms with Crippen molar-refractivity contribution in [1.82, 2.24) is 10.3 Å². The summed E-state index contributed by atoms with van der Waals surface area (Å²) in [7, 11) is 0. The molecule has 1 aromatic heterocycles. The smallest absolute Gasteiger partial charge is 0.253 e. The SMILES string of the molecule is CCCCCC(C)NC(=O)c1ccncc1NN. The summed E-state index contributed by atoms with van der Waals surface area (Å²) < 4.78 is 0. The Bertz CT molecular complexity index is 381. The first kappa shape index (κ1) is 14.4. The van der Waals surface area contributed by atoms with Crippen molar-refractivity contribution >= 4 is 11.6 Å². The highest BCUT2D eigenvalue weighted by Gasteiger charge is 2.13. The molecule has 0 saturated heterocycles. The molecule has 0 aliphatic rings. The fourth-order valence-electron chi connectivity index (χ4n) is 1.78. The van der Waals surface area contributed by atoms with E-state index in [0.717, 1.165) is 12.8 Å². The third-order valence-electron chi connectivity index (χ3n) is 2.84. The Hall–Kier alpha value is -1.62. The molecule has 0 bridgehead atoms. The number of hydrazine groups is 1. The molecule has 0 aliphatic heterocycles. The van der Waals surface area contributed by atoms with E-state index < -0.39 is 0 Å². The van der Waals surface area contributed by atoms with Crippen molar-refractivity contribution in [2.24, 2.45) is 5.84 Å². The van der Waals surface area contributed by atoms with Gasteiger partial charge in [-0.05, 0) is 19.4 Å². The summed E-state index contributed by atoms with van der Waals surface area (Å²) >= 11 is 0. The lowest BCUT2D eigenvalue weighted by molar-refractivity contribution is 0.0938. The van der Waals surface area contributed by atoms with Crippen LogP contribution in [0.2, 0.25) is 0 Å². The number of nitrogens with zero attached hydrogens (tertiary/aromatic N) is 1. The Kier molecular flexibility index (Phi) is 6.14. The minimum Gasteiger partial charge on any atom is -0.350 e. The number of nitrogen functional groups attached to an aromatic ring is 1. The summed E-state index contributed by atoms with van der Waals surface area (Å²) in [5.41, 5.74) is 3.54. The highest BCUT2D eigenvalue weighted by atomic mass is 16.1. The van der Waals surface area contributed by atoms with Gasteiger partial charge in [0.25, 0.3) is 5.91 Å². The average Bonchev–Trinajstić information content (AvgIpc) is 2.39. The first-order chi connectivity index (χ1) is 8.69. The average molecular weight is 250 g/mol. The third kappa shape index (κ3) is 4.33. The number of aromatic nitrogens is 1. The molecule has 0 radical (unpaired) electrons. The quantitative estimate of drug-likeness (QED) is 0.393. The zero-order valence-electron chi connectivity index (χ0n) is 11.1. The minimum absolute atomic E-state index is 0.116. The maximum atomic E-state index is 12.0. The van der Waals surface area contributed by atoms with Crippen LogP contribution in [0, 0.1) is 0 Å². The van der Waals surface area contributed by atoms with Gasteiger partial charge in [-0.1, -0.05) is 26.2 Å². The van der Waals surface area contributed by atoms with Crippen LogP contribution in [0.5, 0.6) is 0 Å². The molecule has 0 aliphatic carbocycles. The van der Waals surface area contributed by atoms with Gasteiger partial charge in [0.05, 0.1) is 17.4 Å². The maximum absolute atomic E-state index is 12.0. The molecule has 0 spiro atoms. The van der Waals surface area contributed by atoms with Crippen molar-refractivity contribution in [3.8, 4) is 0 Å². The molecule has 0 aromatic carbocycles. The Morgan fingerprint density at radius 3 is 2.94 bits per heavy atom. The van der Waals surface area contributed by atoms with Gasteiger partial charge >= 0.3 is 0 Å². The number of anilines is 1. The number of hydrogen-bond donors (Lipinski definition) is 3. The monoisotopic (exact) mass is 250 g/mol. The van der Waals surface area contributed by atoms with Crippen molar-refractivity contribution < 1.29 is 4.79 Å². The van der Waals surface area contributed by atoms with Gasteiger partial charge in [0.15, 0.2) is 0 Å². The molecule has 1 atom stereocenters. The lowest BCUT2D eigenvalue weighted by atomic mass is 10.1. The topological polar surface area (TPSA) is 80.0 Å². The second-order valence-corrected chi connectivity index (χ2v) is 4.44. The summed E-state index contributed by atoms with van der Waals surface area (Å²) in [5.74, 6) is 5.23. The Morgan fingerprint density at radius 1 is 1.50 bits per heavy atom. The van der Waals surface area contributed by atoms with E-state index in [0.29, 0.717) is 11.3 Å². The van der Waals surface area contributed by atoms with Crippen LogP contribution >= 0.6 is 0 Å². The van der Waals surface area contributed by atoms with E-state index in [1.807, 2.05) is 6.92 Å². The Balaban J connectivity index is 2.54. The predicted molar refractivity (Wildman–Crippen MR) is 73.1 cm³/mol. The molecule has 1 aromatic rings. The van der Waals surface area contributed by atoms with E-state index in [9.17, 15) is 4.79 Å². The van der Waals surface area contributed by atoms with Crippen molar-refractivity contribution in [3.63, 3.8) is 0 Å². The molecular formula is C13H22N4O. The van der Waals surface area contributed by atoms with Gasteiger partial charge in [-0.25, -0.2) is 0 Å². The molecule has 0 fully saturated rings. The largest absolute Gasteiger partial charge is 0.350 e. The standard InChI is InChI=1S/C13H22N4O/c1-3-4-5-6-10(2)16-13(18)11-7-8-15-9-12(11)17-14/h7-10,17H,3-6,14H2,1-2H3,(H,16,18). The van der Waals surface area contributed by atoms with Crippen molar-refractivity contribution in [2.75, 3.05) is 5.43 Å². The Morgan fingerprint density at radius 2 is 2.28 bits per heavy atom. The van der Waals surface area contributed by atoms with Gasteiger partial charge in [0, 0.05) is 12.2 Å². The van der Waals surface area contributed by atoms with Crippen LogP contribution in [0.3, 0.4) is 0 Å². The van der Waals surface area contributed by atoms with E-state index in [4.69, 9.17) is 5.84 Å². The fourth-order valence-corrected chi connectivity index (χ4v) is 1.78. The van der Waals surface area contributed by atoms with E-state index in [-0.39, 0.29) is 11.9 Å². The zero-order valence-corrected chi connectivity index (χ0v) is 11.1. The number of rotatable bonds is 7. The minimum atomic E-state index is -0.116. The van der Waals surface area contributed by atoms with E-state index >= 15 is 0 Å². The first-order valence-corrected chi connectivity index (χ1v) is 6.40. The number of carbonyl (C=O) groups excluding carboxylic acids is 1. The predicted octanol–water partition coefficient (Wildman–Crippen LogP) is 2.07. The molecule has 1 unspecified atom stereocenters.